The maximum Gasteiger partial charge on any atom is 0.513 e. The van der Waals surface area contributed by atoms with Crippen molar-refractivity contribution >= 4 is 7.91 Å². The summed E-state index contributed by atoms with van der Waals surface area (Å²) >= 11 is 0. The average molecular weight is 238 g/mol. The summed E-state index contributed by atoms with van der Waals surface area (Å²) in [5.41, 5.74) is 0.341. The lowest BCUT2D eigenvalue weighted by atomic mass is 9.73. The number of hydrogen-bond donors (Lipinski definition) is 0. The van der Waals surface area contributed by atoms with E-state index in [2.05, 4.69) is 18.4 Å². The molecule has 1 saturated carbocycles. The lowest BCUT2D eigenvalue weighted by Gasteiger charge is -2.36. The minimum absolute atomic E-state index is 0.250. The summed E-state index contributed by atoms with van der Waals surface area (Å²) in [5.74, 6) is 0. The third kappa shape index (κ3) is 3.86. The molecule has 0 spiro atoms. The molecule has 5 heteroatoms. The standard InChI is InChI=1S/C10H20FO3P/c1-4-10(2)7-5-9(6-8-10)14-15(11,12)13-3/h9H,4-8H2,1-3H3. The van der Waals surface area contributed by atoms with Crippen LogP contribution in [0.4, 0.5) is 4.20 Å². The zero-order chi connectivity index (χ0) is 11.5. The van der Waals surface area contributed by atoms with E-state index in [4.69, 9.17) is 4.52 Å². The summed E-state index contributed by atoms with van der Waals surface area (Å²) in [7, 11) is -3.22. The SMILES string of the molecule is CCC1(C)CCC(OP(=O)(F)OC)CC1. The molecule has 0 heterocycles. The molecule has 0 amide bonds. The average Bonchev–Trinajstić information content (AvgIpc) is 2.22. The second-order valence-electron chi connectivity index (χ2n) is 4.58. The quantitative estimate of drug-likeness (QED) is 0.692. The van der Waals surface area contributed by atoms with Crippen molar-refractivity contribution in [3.05, 3.63) is 0 Å². The van der Waals surface area contributed by atoms with E-state index in [-0.39, 0.29) is 6.10 Å². The fraction of sp³-hybridized carbons (Fsp3) is 1.00. The Kier molecular flexibility index (Phi) is 4.33. The normalized spacial score (nSPS) is 36.1. The van der Waals surface area contributed by atoms with Crippen molar-refractivity contribution in [2.75, 3.05) is 7.11 Å². The van der Waals surface area contributed by atoms with Crippen molar-refractivity contribution < 1.29 is 17.8 Å². The third-order valence-corrected chi connectivity index (χ3v) is 4.47. The van der Waals surface area contributed by atoms with E-state index < -0.39 is 7.91 Å². The van der Waals surface area contributed by atoms with Crippen LogP contribution >= 0.6 is 7.91 Å². The van der Waals surface area contributed by atoms with Gasteiger partial charge in [-0.25, -0.2) is 4.57 Å². The Balaban J connectivity index is 2.42. The van der Waals surface area contributed by atoms with Crippen molar-refractivity contribution in [3.63, 3.8) is 0 Å². The highest BCUT2D eigenvalue weighted by molar-refractivity contribution is 7.48. The molecule has 0 aromatic heterocycles. The maximum absolute atomic E-state index is 13.0. The Morgan fingerprint density at radius 1 is 1.47 bits per heavy atom. The first-order chi connectivity index (χ1) is 6.91. The lowest BCUT2D eigenvalue weighted by Crippen LogP contribution is -2.27. The fourth-order valence-corrected chi connectivity index (χ4v) is 2.62. The van der Waals surface area contributed by atoms with Gasteiger partial charge in [-0.1, -0.05) is 20.3 Å². The molecule has 0 bridgehead atoms. The molecular formula is C10H20FO3P. The van der Waals surface area contributed by atoms with Crippen molar-refractivity contribution in [1.29, 1.82) is 0 Å². The van der Waals surface area contributed by atoms with Crippen molar-refractivity contribution in [2.24, 2.45) is 5.41 Å². The molecule has 0 radical (unpaired) electrons. The maximum atomic E-state index is 13.0. The molecule has 3 nitrogen and oxygen atoms in total. The van der Waals surface area contributed by atoms with Crippen LogP contribution in [0.5, 0.6) is 0 Å². The van der Waals surface area contributed by atoms with Crippen molar-refractivity contribution in [3.8, 4) is 0 Å². The van der Waals surface area contributed by atoms with Crippen LogP contribution in [0.15, 0.2) is 0 Å². The molecule has 0 aromatic rings. The lowest BCUT2D eigenvalue weighted by molar-refractivity contribution is 0.0637. The first-order valence-electron chi connectivity index (χ1n) is 5.44. The van der Waals surface area contributed by atoms with E-state index in [0.717, 1.165) is 39.2 Å². The topological polar surface area (TPSA) is 35.5 Å². The first-order valence-corrected chi connectivity index (χ1v) is 6.88. The number of rotatable bonds is 4. The number of hydrogen-bond acceptors (Lipinski definition) is 3. The minimum Gasteiger partial charge on any atom is -0.287 e. The van der Waals surface area contributed by atoms with Crippen molar-refractivity contribution in [1.82, 2.24) is 0 Å². The molecule has 0 N–H and O–H groups in total. The molecule has 1 aliphatic rings. The van der Waals surface area contributed by atoms with E-state index in [1.165, 1.54) is 0 Å². The molecule has 1 unspecified atom stereocenters. The Labute approximate surface area is 91.0 Å². The van der Waals surface area contributed by atoms with Gasteiger partial charge in [0.05, 0.1) is 6.10 Å². The van der Waals surface area contributed by atoms with Gasteiger partial charge in [-0.2, -0.15) is 0 Å². The highest BCUT2D eigenvalue weighted by Gasteiger charge is 2.34. The Morgan fingerprint density at radius 3 is 2.40 bits per heavy atom. The van der Waals surface area contributed by atoms with Gasteiger partial charge in [0, 0.05) is 7.11 Å². The zero-order valence-electron chi connectivity index (χ0n) is 9.66. The monoisotopic (exact) mass is 238 g/mol. The second kappa shape index (κ2) is 4.94. The minimum atomic E-state index is -4.29. The van der Waals surface area contributed by atoms with Crippen LogP contribution in [0.25, 0.3) is 0 Å². The smallest absolute Gasteiger partial charge is 0.287 e. The summed E-state index contributed by atoms with van der Waals surface area (Å²) in [6.07, 6.45) is 4.40. The van der Waals surface area contributed by atoms with E-state index in [0.29, 0.717) is 5.41 Å². The van der Waals surface area contributed by atoms with E-state index in [9.17, 15) is 8.76 Å². The Hall–Kier alpha value is 0.0800. The van der Waals surface area contributed by atoms with Crippen molar-refractivity contribution in [2.45, 2.75) is 52.1 Å². The second-order valence-corrected chi connectivity index (χ2v) is 6.02. The van der Waals surface area contributed by atoms with E-state index >= 15 is 0 Å². The van der Waals surface area contributed by atoms with Crippen LogP contribution in [-0.4, -0.2) is 13.2 Å². The molecule has 15 heavy (non-hydrogen) atoms. The van der Waals surface area contributed by atoms with Crippen LogP contribution in [0.2, 0.25) is 0 Å². The molecule has 90 valence electrons. The molecule has 1 rings (SSSR count). The van der Waals surface area contributed by atoms with E-state index in [1.807, 2.05) is 0 Å². The number of halogens is 1. The third-order valence-electron chi connectivity index (χ3n) is 3.49. The molecule has 0 aromatic carbocycles. The molecule has 1 atom stereocenters. The fourth-order valence-electron chi connectivity index (χ4n) is 1.97. The summed E-state index contributed by atoms with van der Waals surface area (Å²) in [6.45, 7) is 4.39. The van der Waals surface area contributed by atoms with Gasteiger partial charge in [-0.15, -0.1) is 4.20 Å². The van der Waals surface area contributed by atoms with Gasteiger partial charge >= 0.3 is 7.91 Å². The predicted molar refractivity (Wildman–Crippen MR) is 57.5 cm³/mol. The molecule has 1 aliphatic carbocycles. The van der Waals surface area contributed by atoms with Crippen LogP contribution < -0.4 is 0 Å². The van der Waals surface area contributed by atoms with Gasteiger partial charge < -0.3 is 0 Å². The highest BCUT2D eigenvalue weighted by atomic mass is 31.2. The van der Waals surface area contributed by atoms with Crippen LogP contribution in [0, 0.1) is 5.41 Å². The summed E-state index contributed by atoms with van der Waals surface area (Å²) in [6, 6.07) is 0. The molecular weight excluding hydrogens is 218 g/mol. The van der Waals surface area contributed by atoms with Gasteiger partial charge in [-0.05, 0) is 31.1 Å². The summed E-state index contributed by atoms with van der Waals surface area (Å²) in [5, 5.41) is 0. The Morgan fingerprint density at radius 2 is 2.00 bits per heavy atom. The summed E-state index contributed by atoms with van der Waals surface area (Å²) in [4.78, 5) is 0. The van der Waals surface area contributed by atoms with Crippen LogP contribution in [-0.2, 0) is 13.6 Å². The molecule has 1 fully saturated rings. The van der Waals surface area contributed by atoms with Gasteiger partial charge in [0.1, 0.15) is 0 Å². The molecule has 0 saturated heterocycles. The zero-order valence-corrected chi connectivity index (χ0v) is 10.6. The van der Waals surface area contributed by atoms with Crippen LogP contribution in [0.3, 0.4) is 0 Å². The largest absolute Gasteiger partial charge is 0.513 e. The van der Waals surface area contributed by atoms with Gasteiger partial charge in [0.15, 0.2) is 0 Å². The predicted octanol–water partition coefficient (Wildman–Crippen LogP) is 4.09. The van der Waals surface area contributed by atoms with Gasteiger partial charge in [-0.3, -0.25) is 9.05 Å². The van der Waals surface area contributed by atoms with E-state index in [1.54, 1.807) is 0 Å². The van der Waals surface area contributed by atoms with Gasteiger partial charge in [0.2, 0.25) is 0 Å². The Bertz CT molecular complexity index is 249. The van der Waals surface area contributed by atoms with Gasteiger partial charge in [0.25, 0.3) is 0 Å². The first kappa shape index (κ1) is 13.1. The summed E-state index contributed by atoms with van der Waals surface area (Å²) < 4.78 is 33.0. The molecule has 0 aliphatic heterocycles. The highest BCUT2D eigenvalue weighted by Crippen LogP contribution is 2.53. The van der Waals surface area contributed by atoms with Crippen LogP contribution in [0.1, 0.15) is 46.0 Å².